The van der Waals surface area contributed by atoms with Crippen LogP contribution in [0.4, 0.5) is 0 Å². The third-order valence-corrected chi connectivity index (χ3v) is 0.596. The largest absolute Gasteiger partial charge is 0.332 e. The Hall–Kier alpha value is -0.830. The van der Waals surface area contributed by atoms with Gasteiger partial charge in [0.2, 0.25) is 5.91 Å². The number of hydrogen-bond acceptors (Lipinski definition) is 2. The van der Waals surface area contributed by atoms with Crippen LogP contribution in [-0.4, -0.2) is 12.5 Å². The van der Waals surface area contributed by atoms with Crippen LogP contribution in [0.25, 0.3) is 0 Å². The minimum absolute atomic E-state index is 0.0460. The molecule has 0 aliphatic rings. The summed E-state index contributed by atoms with van der Waals surface area (Å²) < 4.78 is 0. The van der Waals surface area contributed by atoms with Crippen LogP contribution >= 0.6 is 0 Å². The van der Waals surface area contributed by atoms with Gasteiger partial charge in [-0.15, -0.1) is 0 Å². The number of carbonyl (C=O) groups is 1. The van der Waals surface area contributed by atoms with Crippen molar-refractivity contribution >= 4 is 5.91 Å². The normalized spacial score (nSPS) is 9.75. The quantitative estimate of drug-likeness (QED) is 0.513. The number of allylic oxidation sites excluding steroid dienone is 1. The lowest BCUT2D eigenvalue weighted by molar-refractivity contribution is -0.118. The van der Waals surface area contributed by atoms with Crippen LogP contribution in [0, 0.1) is 0 Å². The van der Waals surface area contributed by atoms with Gasteiger partial charge < -0.3 is 11.1 Å². The first-order valence-electron chi connectivity index (χ1n) is 2.42. The van der Waals surface area contributed by atoms with Gasteiger partial charge in [0.1, 0.15) is 0 Å². The van der Waals surface area contributed by atoms with Gasteiger partial charge in [0.25, 0.3) is 0 Å². The maximum Gasteiger partial charge on any atom is 0.237 e. The summed E-state index contributed by atoms with van der Waals surface area (Å²) in [5.41, 5.74) is 4.97. The summed E-state index contributed by atoms with van der Waals surface area (Å²) in [6, 6.07) is 0. The molecule has 0 atom stereocenters. The lowest BCUT2D eigenvalue weighted by Crippen LogP contribution is -2.25. The molecule has 0 aromatic carbocycles. The zero-order chi connectivity index (χ0) is 6.41. The van der Waals surface area contributed by atoms with E-state index in [0.29, 0.717) is 0 Å². The Balaban J connectivity index is 3.25. The number of rotatable bonds is 2. The lowest BCUT2D eigenvalue weighted by atomic mass is 10.6. The number of nitrogens with one attached hydrogen (secondary N) is 1. The Morgan fingerprint density at radius 1 is 1.88 bits per heavy atom. The van der Waals surface area contributed by atoms with Crippen molar-refractivity contribution in [3.8, 4) is 0 Å². The van der Waals surface area contributed by atoms with Crippen LogP contribution < -0.4 is 11.1 Å². The Kier molecular flexibility index (Phi) is 3.88. The molecular weight excluding hydrogens is 104 g/mol. The molecule has 0 saturated heterocycles. The number of amides is 1. The van der Waals surface area contributed by atoms with E-state index in [9.17, 15) is 4.79 Å². The van der Waals surface area contributed by atoms with Crippen molar-refractivity contribution < 1.29 is 4.79 Å². The van der Waals surface area contributed by atoms with Crippen LogP contribution in [0.15, 0.2) is 12.3 Å². The minimum atomic E-state index is -0.164. The van der Waals surface area contributed by atoms with E-state index in [-0.39, 0.29) is 12.5 Å². The summed E-state index contributed by atoms with van der Waals surface area (Å²) in [7, 11) is 0. The highest BCUT2D eigenvalue weighted by Gasteiger charge is 1.87. The van der Waals surface area contributed by atoms with E-state index in [1.165, 1.54) is 0 Å². The molecule has 3 N–H and O–H groups in total. The lowest BCUT2D eigenvalue weighted by Gasteiger charge is -1.90. The van der Waals surface area contributed by atoms with E-state index < -0.39 is 0 Å². The first-order chi connectivity index (χ1) is 3.81. The topological polar surface area (TPSA) is 55.1 Å². The average Bonchev–Trinajstić information content (AvgIpc) is 1.83. The molecule has 0 aromatic heterocycles. The second kappa shape index (κ2) is 4.33. The molecule has 0 saturated carbocycles. The smallest absolute Gasteiger partial charge is 0.237 e. The van der Waals surface area contributed by atoms with Crippen molar-refractivity contribution in [2.24, 2.45) is 5.73 Å². The fourth-order valence-corrected chi connectivity index (χ4v) is 0.235. The van der Waals surface area contributed by atoms with Crippen LogP contribution in [0.5, 0.6) is 0 Å². The molecule has 0 aliphatic carbocycles. The van der Waals surface area contributed by atoms with Gasteiger partial charge in [-0.1, -0.05) is 6.08 Å². The SMILES string of the molecule is CC=CNC(=O)CN. The number of carbonyl (C=O) groups excluding carboxylic acids is 1. The molecule has 8 heavy (non-hydrogen) atoms. The van der Waals surface area contributed by atoms with Gasteiger partial charge in [-0.3, -0.25) is 4.79 Å². The molecule has 0 unspecified atom stereocenters. The second-order valence-corrected chi connectivity index (χ2v) is 1.27. The van der Waals surface area contributed by atoms with Gasteiger partial charge in [-0.2, -0.15) is 0 Å². The highest BCUT2D eigenvalue weighted by atomic mass is 16.1. The molecule has 3 heteroatoms. The second-order valence-electron chi connectivity index (χ2n) is 1.27. The standard InChI is InChI=1S/C5H10N2O/c1-2-3-7-5(8)4-6/h2-3H,4,6H2,1H3,(H,7,8). The summed E-state index contributed by atoms with van der Waals surface area (Å²) in [5.74, 6) is -0.164. The van der Waals surface area contributed by atoms with E-state index in [2.05, 4.69) is 5.32 Å². The first-order valence-corrected chi connectivity index (χ1v) is 2.42. The van der Waals surface area contributed by atoms with E-state index in [1.54, 1.807) is 12.3 Å². The number of nitrogens with two attached hydrogens (primary N) is 1. The highest BCUT2D eigenvalue weighted by Crippen LogP contribution is 1.62. The Morgan fingerprint density at radius 2 is 2.50 bits per heavy atom. The van der Waals surface area contributed by atoms with Gasteiger partial charge in [0.05, 0.1) is 6.54 Å². The average molecular weight is 114 g/mol. The molecule has 0 fully saturated rings. The van der Waals surface area contributed by atoms with Crippen LogP contribution in [0.2, 0.25) is 0 Å². The molecule has 0 spiro atoms. The maximum atomic E-state index is 10.3. The van der Waals surface area contributed by atoms with Crippen LogP contribution in [0.1, 0.15) is 6.92 Å². The third-order valence-electron chi connectivity index (χ3n) is 0.596. The molecule has 46 valence electrons. The van der Waals surface area contributed by atoms with Crippen LogP contribution in [-0.2, 0) is 4.79 Å². The summed E-state index contributed by atoms with van der Waals surface area (Å²) in [6.45, 7) is 1.86. The van der Waals surface area contributed by atoms with E-state index in [0.717, 1.165) is 0 Å². The van der Waals surface area contributed by atoms with Gasteiger partial charge in [-0.05, 0) is 13.1 Å². The van der Waals surface area contributed by atoms with Gasteiger partial charge in [0.15, 0.2) is 0 Å². The molecule has 0 aliphatic heterocycles. The Bertz CT molecular complexity index is 98.6. The summed E-state index contributed by atoms with van der Waals surface area (Å²) in [4.78, 5) is 10.3. The van der Waals surface area contributed by atoms with E-state index in [1.807, 2.05) is 6.92 Å². The van der Waals surface area contributed by atoms with Crippen LogP contribution in [0.3, 0.4) is 0 Å². The van der Waals surface area contributed by atoms with E-state index in [4.69, 9.17) is 5.73 Å². The van der Waals surface area contributed by atoms with E-state index >= 15 is 0 Å². The summed E-state index contributed by atoms with van der Waals surface area (Å²) in [6.07, 6.45) is 3.28. The molecule has 3 nitrogen and oxygen atoms in total. The van der Waals surface area contributed by atoms with Gasteiger partial charge in [0, 0.05) is 0 Å². The molecule has 1 amide bonds. The predicted octanol–water partition coefficient (Wildman–Crippen LogP) is -0.405. The summed E-state index contributed by atoms with van der Waals surface area (Å²) in [5, 5.41) is 2.44. The zero-order valence-electron chi connectivity index (χ0n) is 4.85. The molecule has 0 rings (SSSR count). The Labute approximate surface area is 48.6 Å². The third kappa shape index (κ3) is 3.36. The monoisotopic (exact) mass is 114 g/mol. The highest BCUT2D eigenvalue weighted by molar-refractivity contribution is 5.78. The maximum absolute atomic E-state index is 10.3. The van der Waals surface area contributed by atoms with Crippen molar-refractivity contribution in [3.05, 3.63) is 12.3 Å². The van der Waals surface area contributed by atoms with Crippen molar-refractivity contribution in [2.75, 3.05) is 6.54 Å². The first kappa shape index (κ1) is 7.17. The summed E-state index contributed by atoms with van der Waals surface area (Å²) >= 11 is 0. The van der Waals surface area contributed by atoms with Gasteiger partial charge >= 0.3 is 0 Å². The predicted molar refractivity (Wildman–Crippen MR) is 32.0 cm³/mol. The van der Waals surface area contributed by atoms with Crippen molar-refractivity contribution in [1.29, 1.82) is 0 Å². The molecule has 0 radical (unpaired) electrons. The molecule has 0 heterocycles. The minimum Gasteiger partial charge on any atom is -0.332 e. The van der Waals surface area contributed by atoms with Crippen molar-refractivity contribution in [3.63, 3.8) is 0 Å². The molecule has 0 aromatic rings. The fourth-order valence-electron chi connectivity index (χ4n) is 0.235. The van der Waals surface area contributed by atoms with Crippen molar-refractivity contribution in [2.45, 2.75) is 6.92 Å². The Morgan fingerprint density at radius 3 is 2.88 bits per heavy atom. The zero-order valence-corrected chi connectivity index (χ0v) is 4.85. The molecular formula is C5H10N2O. The fraction of sp³-hybridized carbons (Fsp3) is 0.400. The molecule has 0 bridgehead atoms. The number of hydrogen-bond donors (Lipinski definition) is 2. The van der Waals surface area contributed by atoms with Crippen molar-refractivity contribution in [1.82, 2.24) is 5.32 Å². The van der Waals surface area contributed by atoms with Gasteiger partial charge in [-0.25, -0.2) is 0 Å².